The summed E-state index contributed by atoms with van der Waals surface area (Å²) in [7, 11) is 0. The number of benzene rings is 2. The SMILES string of the molecule is CC(=Nc1c(C)cc(C)cc1C)c1ccc(C(C)=Nc2c(C)cc(C)cc2C)s1.[CH3-].[CH3-].[Fe+2]. The molecule has 3 aromatic rings. The van der Waals surface area contributed by atoms with Crippen LogP contribution in [-0.2, 0) is 17.1 Å². The number of aliphatic imine (C=N–C) groups is 2. The molecule has 172 valence electrons. The Morgan fingerprint density at radius 3 is 1.16 bits per heavy atom. The molecule has 2 aromatic carbocycles. The minimum Gasteiger partial charge on any atom is -0.358 e. The predicted octanol–water partition coefficient (Wildman–Crippen LogP) is 8.78. The molecule has 4 heteroatoms. The summed E-state index contributed by atoms with van der Waals surface area (Å²) in [5.41, 5.74) is 11.7. The van der Waals surface area contributed by atoms with Crippen LogP contribution in [0.5, 0.6) is 0 Å². The summed E-state index contributed by atoms with van der Waals surface area (Å²) in [6, 6.07) is 13.1. The van der Waals surface area contributed by atoms with Gasteiger partial charge in [0.1, 0.15) is 0 Å². The minimum atomic E-state index is 0. The van der Waals surface area contributed by atoms with Crippen LogP contribution in [0.25, 0.3) is 0 Å². The summed E-state index contributed by atoms with van der Waals surface area (Å²) in [5.74, 6) is 0. The van der Waals surface area contributed by atoms with Crippen LogP contribution >= 0.6 is 11.3 Å². The van der Waals surface area contributed by atoms with Crippen LogP contribution in [0.1, 0.15) is 57.0 Å². The first-order valence-corrected chi connectivity index (χ1v) is 10.8. The van der Waals surface area contributed by atoms with E-state index in [2.05, 4.69) is 91.8 Å². The first-order chi connectivity index (χ1) is 13.7. The van der Waals surface area contributed by atoms with Gasteiger partial charge in [0.2, 0.25) is 0 Å². The second-order valence-electron chi connectivity index (χ2n) is 8.05. The van der Waals surface area contributed by atoms with Gasteiger partial charge < -0.3 is 14.9 Å². The van der Waals surface area contributed by atoms with E-state index in [1.807, 2.05) is 0 Å². The van der Waals surface area contributed by atoms with Crippen LogP contribution < -0.4 is 0 Å². The summed E-state index contributed by atoms with van der Waals surface area (Å²) in [6.45, 7) is 17.0. The fraction of sp³-hybridized carbons (Fsp3) is 0.286. The molecule has 0 unspecified atom stereocenters. The second-order valence-corrected chi connectivity index (χ2v) is 9.14. The van der Waals surface area contributed by atoms with Gasteiger partial charge in [-0.15, -0.1) is 11.3 Å². The van der Waals surface area contributed by atoms with Crippen molar-refractivity contribution in [1.82, 2.24) is 0 Å². The molecule has 0 saturated heterocycles. The molecule has 0 amide bonds. The van der Waals surface area contributed by atoms with E-state index in [0.717, 1.165) is 22.8 Å². The van der Waals surface area contributed by atoms with E-state index in [1.165, 1.54) is 43.1 Å². The van der Waals surface area contributed by atoms with Crippen molar-refractivity contribution in [2.24, 2.45) is 9.98 Å². The Hall–Kier alpha value is -2.00. The molecule has 0 aliphatic rings. The fourth-order valence-electron chi connectivity index (χ4n) is 3.87. The molecule has 0 atom stereocenters. The van der Waals surface area contributed by atoms with Crippen LogP contribution in [0.4, 0.5) is 11.4 Å². The molecule has 0 spiro atoms. The molecule has 0 saturated carbocycles. The number of aryl methyl sites for hydroxylation is 6. The first kappa shape index (κ1) is 30.0. The van der Waals surface area contributed by atoms with Gasteiger partial charge >= 0.3 is 17.1 Å². The molecule has 32 heavy (non-hydrogen) atoms. The number of hydrogen-bond acceptors (Lipinski definition) is 3. The maximum absolute atomic E-state index is 4.95. The molecule has 1 aromatic heterocycles. The van der Waals surface area contributed by atoms with Gasteiger partial charge in [-0.25, -0.2) is 0 Å². The van der Waals surface area contributed by atoms with Crippen molar-refractivity contribution in [2.75, 3.05) is 0 Å². The van der Waals surface area contributed by atoms with E-state index in [4.69, 9.17) is 9.98 Å². The standard InChI is InChI=1S/C26H30N2S.2CH3.Fe/c1-15-11-17(3)25(18(4)12-15)27-21(7)23-9-10-24(29-23)22(8)28-26-19(5)13-16(2)14-20(26)6;;;/h9-14H,1-8H3;2*1H3;/q;2*-1;+2. The zero-order valence-corrected chi connectivity index (χ0v) is 23.0. The molecular formula is C28H36FeN2S. The Morgan fingerprint density at radius 2 is 0.875 bits per heavy atom. The summed E-state index contributed by atoms with van der Waals surface area (Å²) in [4.78, 5) is 12.3. The molecule has 0 aliphatic carbocycles. The largest absolute Gasteiger partial charge is 2.00 e. The summed E-state index contributed by atoms with van der Waals surface area (Å²) in [5, 5.41) is 0. The maximum atomic E-state index is 4.95. The summed E-state index contributed by atoms with van der Waals surface area (Å²) in [6.07, 6.45) is 0. The van der Waals surface area contributed by atoms with Crippen LogP contribution in [0, 0.1) is 56.4 Å². The number of thiophene rings is 1. The van der Waals surface area contributed by atoms with E-state index in [0.29, 0.717) is 0 Å². The first-order valence-electron chi connectivity index (χ1n) is 10.0. The van der Waals surface area contributed by atoms with Gasteiger partial charge in [0.05, 0.1) is 22.8 Å². The number of rotatable bonds is 4. The van der Waals surface area contributed by atoms with E-state index in [1.54, 1.807) is 11.3 Å². The fourth-order valence-corrected chi connectivity index (χ4v) is 4.77. The van der Waals surface area contributed by atoms with Crippen molar-refractivity contribution < 1.29 is 17.1 Å². The van der Waals surface area contributed by atoms with Gasteiger partial charge in [-0.2, -0.15) is 0 Å². The van der Waals surface area contributed by atoms with Gasteiger partial charge in [-0.05, 0) is 89.8 Å². The molecule has 0 radical (unpaired) electrons. The molecule has 0 fully saturated rings. The second kappa shape index (κ2) is 12.3. The van der Waals surface area contributed by atoms with E-state index in [-0.39, 0.29) is 31.9 Å². The zero-order valence-electron chi connectivity index (χ0n) is 21.1. The average Bonchev–Trinajstić information content (AvgIpc) is 3.11. The third-order valence-electron chi connectivity index (χ3n) is 5.15. The van der Waals surface area contributed by atoms with Gasteiger partial charge in [0.25, 0.3) is 0 Å². The number of nitrogens with zero attached hydrogens (tertiary/aromatic N) is 2. The summed E-state index contributed by atoms with van der Waals surface area (Å²) >= 11 is 1.76. The summed E-state index contributed by atoms with van der Waals surface area (Å²) < 4.78 is 0. The Bertz CT molecular complexity index is 1000. The van der Waals surface area contributed by atoms with Crippen LogP contribution in [0.15, 0.2) is 46.4 Å². The van der Waals surface area contributed by atoms with Crippen molar-refractivity contribution in [3.63, 3.8) is 0 Å². The van der Waals surface area contributed by atoms with Crippen molar-refractivity contribution in [3.8, 4) is 0 Å². The number of hydrogen-bond donors (Lipinski definition) is 0. The van der Waals surface area contributed by atoms with E-state index in [9.17, 15) is 0 Å². The Morgan fingerprint density at radius 1 is 0.594 bits per heavy atom. The van der Waals surface area contributed by atoms with Gasteiger partial charge in [0.15, 0.2) is 0 Å². The molecule has 3 rings (SSSR count). The van der Waals surface area contributed by atoms with Gasteiger partial charge in [-0.1, -0.05) is 35.4 Å². The van der Waals surface area contributed by atoms with Crippen molar-refractivity contribution in [1.29, 1.82) is 0 Å². The third-order valence-corrected chi connectivity index (χ3v) is 6.45. The topological polar surface area (TPSA) is 24.7 Å². The Labute approximate surface area is 210 Å². The Kier molecular flexibility index (Phi) is 11.5. The monoisotopic (exact) mass is 488 g/mol. The van der Waals surface area contributed by atoms with Crippen molar-refractivity contribution in [3.05, 3.63) is 94.4 Å². The molecule has 1 heterocycles. The van der Waals surface area contributed by atoms with E-state index < -0.39 is 0 Å². The predicted molar refractivity (Wildman–Crippen MR) is 142 cm³/mol. The Balaban J connectivity index is 0.00000320. The molecule has 0 N–H and O–H groups in total. The van der Waals surface area contributed by atoms with Crippen molar-refractivity contribution >= 4 is 34.1 Å². The molecule has 0 aliphatic heterocycles. The quantitative estimate of drug-likeness (QED) is 0.199. The maximum Gasteiger partial charge on any atom is 2.00 e. The van der Waals surface area contributed by atoms with Crippen molar-refractivity contribution in [2.45, 2.75) is 55.4 Å². The van der Waals surface area contributed by atoms with Crippen LogP contribution in [0.3, 0.4) is 0 Å². The van der Waals surface area contributed by atoms with Crippen LogP contribution in [0.2, 0.25) is 0 Å². The molecular weight excluding hydrogens is 452 g/mol. The zero-order chi connectivity index (χ0) is 21.3. The third kappa shape index (κ3) is 6.75. The van der Waals surface area contributed by atoms with E-state index >= 15 is 0 Å². The smallest absolute Gasteiger partial charge is 0.358 e. The van der Waals surface area contributed by atoms with Crippen LogP contribution in [-0.4, -0.2) is 11.4 Å². The normalized spacial score (nSPS) is 11.4. The molecule has 0 bridgehead atoms. The minimum absolute atomic E-state index is 0. The molecule has 2 nitrogen and oxygen atoms in total. The average molecular weight is 489 g/mol. The van der Waals surface area contributed by atoms with Gasteiger partial charge in [-0.3, -0.25) is 9.98 Å². The van der Waals surface area contributed by atoms with Gasteiger partial charge in [0, 0.05) is 9.75 Å².